The highest BCUT2D eigenvalue weighted by Gasteiger charge is 2.18. The first-order valence-electron chi connectivity index (χ1n) is 4.51. The van der Waals surface area contributed by atoms with Gasteiger partial charge in [0.25, 0.3) is 0 Å². The molecule has 1 rings (SSSR count). The molecule has 0 aliphatic heterocycles. The van der Waals surface area contributed by atoms with Crippen LogP contribution in [-0.4, -0.2) is 32.1 Å². The number of halogens is 1. The lowest BCUT2D eigenvalue weighted by molar-refractivity contribution is 0.390. The highest BCUT2D eigenvalue weighted by molar-refractivity contribution is 6.14. The maximum Gasteiger partial charge on any atom is 0.244 e. The van der Waals surface area contributed by atoms with Gasteiger partial charge in [-0.3, -0.25) is 5.01 Å². The molecule has 1 heterocycles. The van der Waals surface area contributed by atoms with E-state index in [-0.39, 0.29) is 6.04 Å². The molecule has 0 saturated heterocycles. The predicted molar refractivity (Wildman–Crippen MR) is 55.7 cm³/mol. The quantitative estimate of drug-likeness (QED) is 0.562. The molecule has 0 N–H and O–H groups in total. The van der Waals surface area contributed by atoms with Crippen LogP contribution in [0.5, 0.6) is 0 Å². The van der Waals surface area contributed by atoms with E-state index in [2.05, 4.69) is 15.0 Å². The Morgan fingerprint density at radius 3 is 2.36 bits per heavy atom. The maximum atomic E-state index is 6.02. The van der Waals surface area contributed by atoms with E-state index in [1.165, 1.54) is 12.7 Å². The van der Waals surface area contributed by atoms with Crippen molar-refractivity contribution in [2.75, 3.05) is 11.6 Å². The Morgan fingerprint density at radius 1 is 1.36 bits per heavy atom. The Morgan fingerprint density at radius 2 is 1.93 bits per heavy atom. The molecule has 0 saturated carbocycles. The van der Waals surface area contributed by atoms with Crippen molar-refractivity contribution in [2.45, 2.75) is 26.8 Å². The van der Waals surface area contributed by atoms with Crippen molar-refractivity contribution in [2.24, 2.45) is 0 Å². The van der Waals surface area contributed by atoms with Crippen LogP contribution in [-0.2, 0) is 0 Å². The van der Waals surface area contributed by atoms with Crippen LogP contribution < -0.4 is 5.01 Å². The molecule has 0 bridgehead atoms. The maximum absolute atomic E-state index is 6.02. The zero-order valence-corrected chi connectivity index (χ0v) is 9.31. The van der Waals surface area contributed by atoms with Crippen molar-refractivity contribution in [1.29, 1.82) is 0 Å². The van der Waals surface area contributed by atoms with Gasteiger partial charge in [0.1, 0.15) is 12.7 Å². The van der Waals surface area contributed by atoms with Crippen LogP contribution in [0.25, 0.3) is 0 Å². The van der Waals surface area contributed by atoms with E-state index in [1.54, 1.807) is 4.53 Å². The van der Waals surface area contributed by atoms with Gasteiger partial charge >= 0.3 is 0 Å². The minimum absolute atomic E-state index is 0.204. The summed E-state index contributed by atoms with van der Waals surface area (Å²) in [7, 11) is 0. The van der Waals surface area contributed by atoms with Gasteiger partial charge in [0.15, 0.2) is 0 Å². The van der Waals surface area contributed by atoms with E-state index in [0.717, 1.165) is 0 Å². The molecule has 5 nitrogen and oxygen atoms in total. The van der Waals surface area contributed by atoms with Gasteiger partial charge in [-0.2, -0.15) is 0 Å². The first kappa shape index (κ1) is 11.1. The monoisotopic (exact) mass is 215 g/mol. The summed E-state index contributed by atoms with van der Waals surface area (Å²) in [5, 5.41) is 1.81. The molecule has 0 spiro atoms. The number of nitrogens with zero attached hydrogens (tertiary/aromatic N) is 5. The van der Waals surface area contributed by atoms with Crippen LogP contribution in [0.2, 0.25) is 0 Å². The lowest BCUT2D eigenvalue weighted by atomic mass is 10.4. The van der Waals surface area contributed by atoms with Crippen LogP contribution in [0.3, 0.4) is 0 Å². The molecule has 6 heteroatoms. The molecular formula is C8H14ClN5. The molecule has 0 amide bonds. The standard InChI is InChI=1S/C8H14ClN5/c1-4-13(9)14(7(2)3)8-11-5-10-6-12-8/h5-7H,4H2,1-3H3. The van der Waals surface area contributed by atoms with Gasteiger partial charge in [0.05, 0.1) is 0 Å². The first-order valence-corrected chi connectivity index (χ1v) is 4.85. The van der Waals surface area contributed by atoms with Crippen LogP contribution >= 0.6 is 11.8 Å². The Balaban J connectivity index is 2.89. The molecule has 0 radical (unpaired) electrons. The van der Waals surface area contributed by atoms with Gasteiger partial charge in [0.2, 0.25) is 5.95 Å². The molecule has 1 aromatic heterocycles. The summed E-state index contributed by atoms with van der Waals surface area (Å²) in [6, 6.07) is 0.204. The zero-order valence-electron chi connectivity index (χ0n) is 8.55. The number of hydrazine groups is 1. The molecule has 1 aromatic rings. The molecule has 0 unspecified atom stereocenters. The average Bonchev–Trinajstić information content (AvgIpc) is 2.19. The topological polar surface area (TPSA) is 45.2 Å². The fraction of sp³-hybridized carbons (Fsp3) is 0.625. The molecule has 0 aliphatic rings. The summed E-state index contributed by atoms with van der Waals surface area (Å²) in [5.41, 5.74) is 0. The smallest absolute Gasteiger partial charge is 0.244 e. The van der Waals surface area contributed by atoms with Crippen molar-refractivity contribution < 1.29 is 0 Å². The average molecular weight is 216 g/mol. The van der Waals surface area contributed by atoms with E-state index in [0.29, 0.717) is 12.5 Å². The minimum Gasteiger partial charge on any atom is -0.257 e. The minimum atomic E-state index is 0.204. The van der Waals surface area contributed by atoms with Crippen LogP contribution in [0.15, 0.2) is 12.7 Å². The van der Waals surface area contributed by atoms with Crippen LogP contribution in [0.4, 0.5) is 5.95 Å². The largest absolute Gasteiger partial charge is 0.257 e. The Kier molecular flexibility index (Phi) is 4.03. The second-order valence-electron chi connectivity index (χ2n) is 3.03. The zero-order chi connectivity index (χ0) is 10.6. The number of hydrogen-bond acceptors (Lipinski definition) is 5. The second kappa shape index (κ2) is 5.07. The lowest BCUT2D eigenvalue weighted by Gasteiger charge is -2.31. The van der Waals surface area contributed by atoms with Gasteiger partial charge in [0, 0.05) is 12.6 Å². The van der Waals surface area contributed by atoms with Crippen molar-refractivity contribution in [3.8, 4) is 0 Å². The van der Waals surface area contributed by atoms with E-state index in [9.17, 15) is 0 Å². The lowest BCUT2D eigenvalue weighted by Crippen LogP contribution is -2.42. The highest BCUT2D eigenvalue weighted by atomic mass is 35.5. The van der Waals surface area contributed by atoms with E-state index < -0.39 is 0 Å². The van der Waals surface area contributed by atoms with Crippen LogP contribution in [0, 0.1) is 0 Å². The summed E-state index contributed by atoms with van der Waals surface area (Å²) < 4.78 is 1.56. The molecule has 78 valence electrons. The third-order valence-corrected chi connectivity index (χ3v) is 2.07. The SMILES string of the molecule is CCN(Cl)N(c1ncncn1)C(C)C. The fourth-order valence-corrected chi connectivity index (χ4v) is 1.32. The number of rotatable bonds is 4. The number of anilines is 1. The predicted octanol–water partition coefficient (Wildman–Crippen LogP) is 1.48. The van der Waals surface area contributed by atoms with Crippen LogP contribution in [0.1, 0.15) is 20.8 Å². The summed E-state index contributed by atoms with van der Waals surface area (Å²) >= 11 is 6.02. The summed E-state index contributed by atoms with van der Waals surface area (Å²) in [5.74, 6) is 0.562. The van der Waals surface area contributed by atoms with Gasteiger partial charge in [-0.25, -0.2) is 15.0 Å². The molecule has 0 fully saturated rings. The summed E-state index contributed by atoms with van der Waals surface area (Å²) in [6.45, 7) is 6.69. The van der Waals surface area contributed by atoms with E-state index in [4.69, 9.17) is 11.8 Å². The third kappa shape index (κ3) is 2.52. The van der Waals surface area contributed by atoms with E-state index in [1.807, 2.05) is 25.8 Å². The second-order valence-corrected chi connectivity index (χ2v) is 3.42. The van der Waals surface area contributed by atoms with Crippen molar-refractivity contribution >= 4 is 17.7 Å². The Labute approximate surface area is 88.8 Å². The molecule has 0 aromatic carbocycles. The van der Waals surface area contributed by atoms with Gasteiger partial charge in [-0.1, -0.05) is 0 Å². The van der Waals surface area contributed by atoms with Gasteiger partial charge in [-0.15, -0.1) is 4.53 Å². The summed E-state index contributed by atoms with van der Waals surface area (Å²) in [4.78, 5) is 11.9. The third-order valence-electron chi connectivity index (χ3n) is 1.67. The van der Waals surface area contributed by atoms with Gasteiger partial charge in [-0.05, 0) is 32.5 Å². The van der Waals surface area contributed by atoms with E-state index >= 15 is 0 Å². The summed E-state index contributed by atoms with van der Waals surface area (Å²) in [6.07, 6.45) is 2.91. The molecule has 0 aliphatic carbocycles. The van der Waals surface area contributed by atoms with Crippen molar-refractivity contribution in [3.05, 3.63) is 12.7 Å². The Bertz CT molecular complexity index is 266. The Hall–Kier alpha value is -0.940. The molecule has 0 atom stereocenters. The van der Waals surface area contributed by atoms with Crippen molar-refractivity contribution in [1.82, 2.24) is 19.5 Å². The molecular weight excluding hydrogens is 202 g/mol. The molecule has 14 heavy (non-hydrogen) atoms. The van der Waals surface area contributed by atoms with Crippen molar-refractivity contribution in [3.63, 3.8) is 0 Å². The van der Waals surface area contributed by atoms with Gasteiger partial charge < -0.3 is 0 Å². The number of aromatic nitrogens is 3. The highest BCUT2D eigenvalue weighted by Crippen LogP contribution is 2.14. The normalized spacial score (nSPS) is 11.0. The fourth-order valence-electron chi connectivity index (χ4n) is 1.08. The number of hydrogen-bond donors (Lipinski definition) is 0. The first-order chi connectivity index (χ1) is 6.66.